The molecule has 4 nitrogen and oxygen atoms in total. The third-order valence-electron chi connectivity index (χ3n) is 2.77. The number of rotatable bonds is 7. The molecule has 0 radical (unpaired) electrons. The van der Waals surface area contributed by atoms with Gasteiger partial charge in [0.05, 0.1) is 4.47 Å². The quantitative estimate of drug-likeness (QED) is 0.801. The van der Waals surface area contributed by atoms with E-state index in [4.69, 9.17) is 0 Å². The van der Waals surface area contributed by atoms with Gasteiger partial charge in [0.15, 0.2) is 0 Å². The zero-order valence-electron chi connectivity index (χ0n) is 11.6. The minimum Gasteiger partial charge on any atom is -0.367 e. The summed E-state index contributed by atoms with van der Waals surface area (Å²) in [5, 5.41) is 6.36. The highest BCUT2D eigenvalue weighted by Gasteiger charge is 2.08. The summed E-state index contributed by atoms with van der Waals surface area (Å²) in [6.45, 7) is 6.71. The lowest BCUT2D eigenvalue weighted by atomic mass is 10.0. The number of nitrogens with one attached hydrogen (secondary N) is 2. The Labute approximate surface area is 118 Å². The van der Waals surface area contributed by atoms with E-state index in [1.807, 2.05) is 7.05 Å². The van der Waals surface area contributed by atoms with E-state index in [0.29, 0.717) is 12.0 Å². The molecule has 0 spiro atoms. The molecule has 0 aliphatic heterocycles. The number of aromatic nitrogens is 2. The van der Waals surface area contributed by atoms with Crippen molar-refractivity contribution in [3.8, 4) is 0 Å². The van der Waals surface area contributed by atoms with E-state index < -0.39 is 0 Å². The van der Waals surface area contributed by atoms with E-state index in [-0.39, 0.29) is 0 Å². The van der Waals surface area contributed by atoms with Crippen LogP contribution in [-0.4, -0.2) is 23.1 Å². The molecule has 0 bridgehead atoms. The van der Waals surface area contributed by atoms with Crippen LogP contribution in [0.4, 0.5) is 11.8 Å². The lowest BCUT2D eigenvalue weighted by Crippen LogP contribution is -2.17. The topological polar surface area (TPSA) is 49.8 Å². The van der Waals surface area contributed by atoms with Crippen molar-refractivity contribution >= 4 is 27.7 Å². The summed E-state index contributed by atoms with van der Waals surface area (Å²) in [7, 11) is 1.82. The Bertz CT molecular complexity index is 368. The second kappa shape index (κ2) is 7.56. The number of nitrogens with zero attached hydrogens (tertiary/aromatic N) is 2. The maximum absolute atomic E-state index is 4.39. The number of hydrogen-bond acceptors (Lipinski definition) is 4. The lowest BCUT2D eigenvalue weighted by Gasteiger charge is -2.16. The largest absolute Gasteiger partial charge is 0.367 e. The first-order chi connectivity index (χ1) is 8.52. The van der Waals surface area contributed by atoms with Gasteiger partial charge < -0.3 is 10.6 Å². The van der Waals surface area contributed by atoms with Gasteiger partial charge in [0, 0.05) is 19.3 Å². The van der Waals surface area contributed by atoms with Gasteiger partial charge >= 0.3 is 0 Å². The summed E-state index contributed by atoms with van der Waals surface area (Å²) in [5.74, 6) is 2.26. The van der Waals surface area contributed by atoms with Crippen LogP contribution >= 0.6 is 15.9 Å². The average molecular weight is 315 g/mol. The SMILES string of the molecule is CNc1ncc(Br)c(NC(C)CCCC(C)C)n1. The zero-order chi connectivity index (χ0) is 13.5. The van der Waals surface area contributed by atoms with E-state index in [9.17, 15) is 0 Å². The first-order valence-electron chi connectivity index (χ1n) is 6.49. The minimum atomic E-state index is 0.416. The van der Waals surface area contributed by atoms with Gasteiger partial charge in [-0.05, 0) is 35.2 Å². The van der Waals surface area contributed by atoms with Gasteiger partial charge in [-0.1, -0.05) is 26.7 Å². The molecule has 0 fully saturated rings. The van der Waals surface area contributed by atoms with Crippen molar-refractivity contribution in [1.82, 2.24) is 9.97 Å². The van der Waals surface area contributed by atoms with Crippen LogP contribution in [0.2, 0.25) is 0 Å². The molecule has 102 valence electrons. The molecule has 0 aliphatic carbocycles. The average Bonchev–Trinajstić information content (AvgIpc) is 2.31. The summed E-state index contributed by atoms with van der Waals surface area (Å²) in [4.78, 5) is 8.53. The Morgan fingerprint density at radius 1 is 1.28 bits per heavy atom. The fourth-order valence-corrected chi connectivity index (χ4v) is 2.03. The number of anilines is 2. The van der Waals surface area contributed by atoms with Crippen molar-refractivity contribution in [2.24, 2.45) is 5.92 Å². The highest BCUT2D eigenvalue weighted by molar-refractivity contribution is 9.10. The van der Waals surface area contributed by atoms with Crippen molar-refractivity contribution in [3.05, 3.63) is 10.7 Å². The van der Waals surface area contributed by atoms with Crippen LogP contribution in [-0.2, 0) is 0 Å². The monoisotopic (exact) mass is 314 g/mol. The van der Waals surface area contributed by atoms with Crippen LogP contribution in [0.5, 0.6) is 0 Å². The normalized spacial score (nSPS) is 12.6. The molecule has 1 rings (SSSR count). The molecule has 0 amide bonds. The molecule has 1 aromatic rings. The Balaban J connectivity index is 2.50. The van der Waals surface area contributed by atoms with Crippen molar-refractivity contribution in [2.75, 3.05) is 17.7 Å². The first-order valence-corrected chi connectivity index (χ1v) is 7.29. The van der Waals surface area contributed by atoms with Crippen molar-refractivity contribution in [1.29, 1.82) is 0 Å². The smallest absolute Gasteiger partial charge is 0.224 e. The number of halogens is 1. The van der Waals surface area contributed by atoms with Crippen LogP contribution in [0.3, 0.4) is 0 Å². The van der Waals surface area contributed by atoms with Gasteiger partial charge in [-0.3, -0.25) is 0 Å². The van der Waals surface area contributed by atoms with Crippen LogP contribution in [0.1, 0.15) is 40.0 Å². The molecule has 1 aromatic heterocycles. The van der Waals surface area contributed by atoms with Crippen LogP contribution < -0.4 is 10.6 Å². The van der Waals surface area contributed by atoms with Crippen LogP contribution in [0.15, 0.2) is 10.7 Å². The summed E-state index contributed by atoms with van der Waals surface area (Å²) in [6.07, 6.45) is 5.44. The molecule has 1 unspecified atom stereocenters. The van der Waals surface area contributed by atoms with Crippen LogP contribution in [0.25, 0.3) is 0 Å². The molecule has 2 N–H and O–H groups in total. The molecule has 5 heteroatoms. The van der Waals surface area contributed by atoms with E-state index in [2.05, 4.69) is 57.3 Å². The molecular weight excluding hydrogens is 292 g/mol. The van der Waals surface area contributed by atoms with E-state index in [1.54, 1.807) is 6.20 Å². The predicted molar refractivity (Wildman–Crippen MR) is 81.1 cm³/mol. The Hall–Kier alpha value is -0.840. The van der Waals surface area contributed by atoms with Gasteiger partial charge in [0.1, 0.15) is 5.82 Å². The van der Waals surface area contributed by atoms with Crippen molar-refractivity contribution in [2.45, 2.75) is 46.1 Å². The van der Waals surface area contributed by atoms with E-state index in [1.165, 1.54) is 12.8 Å². The molecule has 0 aromatic carbocycles. The Morgan fingerprint density at radius 2 is 2.00 bits per heavy atom. The highest BCUT2D eigenvalue weighted by Crippen LogP contribution is 2.21. The summed E-state index contributed by atoms with van der Waals surface area (Å²) < 4.78 is 0.900. The first kappa shape index (κ1) is 15.2. The summed E-state index contributed by atoms with van der Waals surface area (Å²) in [5.41, 5.74) is 0. The second-order valence-corrected chi connectivity index (χ2v) is 5.86. The lowest BCUT2D eigenvalue weighted by molar-refractivity contribution is 0.520. The van der Waals surface area contributed by atoms with Gasteiger partial charge in [0.25, 0.3) is 0 Å². The fraction of sp³-hybridized carbons (Fsp3) is 0.692. The minimum absolute atomic E-state index is 0.416. The van der Waals surface area contributed by atoms with Crippen LogP contribution in [0, 0.1) is 5.92 Å². The van der Waals surface area contributed by atoms with Crippen molar-refractivity contribution < 1.29 is 0 Å². The third kappa shape index (κ3) is 5.21. The summed E-state index contributed by atoms with van der Waals surface area (Å²) in [6, 6.07) is 0.416. The second-order valence-electron chi connectivity index (χ2n) is 5.01. The number of hydrogen-bond donors (Lipinski definition) is 2. The summed E-state index contributed by atoms with van der Waals surface area (Å²) >= 11 is 3.46. The van der Waals surface area contributed by atoms with Gasteiger partial charge in [0.2, 0.25) is 5.95 Å². The van der Waals surface area contributed by atoms with Gasteiger partial charge in [-0.15, -0.1) is 0 Å². The third-order valence-corrected chi connectivity index (χ3v) is 3.35. The van der Waals surface area contributed by atoms with E-state index >= 15 is 0 Å². The molecule has 0 saturated carbocycles. The molecule has 0 saturated heterocycles. The Kier molecular flexibility index (Phi) is 6.39. The highest BCUT2D eigenvalue weighted by atomic mass is 79.9. The maximum atomic E-state index is 4.39. The molecule has 0 aliphatic rings. The Morgan fingerprint density at radius 3 is 2.61 bits per heavy atom. The molecule has 18 heavy (non-hydrogen) atoms. The fourth-order valence-electron chi connectivity index (χ4n) is 1.73. The van der Waals surface area contributed by atoms with E-state index in [0.717, 1.165) is 22.6 Å². The molecular formula is C13H23BrN4. The van der Waals surface area contributed by atoms with Gasteiger partial charge in [-0.2, -0.15) is 4.98 Å². The zero-order valence-corrected chi connectivity index (χ0v) is 13.2. The molecule has 1 atom stereocenters. The van der Waals surface area contributed by atoms with Crippen molar-refractivity contribution in [3.63, 3.8) is 0 Å². The maximum Gasteiger partial charge on any atom is 0.224 e. The molecule has 1 heterocycles. The standard InChI is InChI=1S/C13H23BrN4/c1-9(2)6-5-7-10(3)17-12-11(14)8-16-13(15-4)18-12/h8-10H,5-7H2,1-4H3,(H2,15,16,17,18). The predicted octanol–water partition coefficient (Wildman–Crippen LogP) is 3.91. The van der Waals surface area contributed by atoms with Gasteiger partial charge in [-0.25, -0.2) is 4.98 Å².